The molecule has 0 saturated carbocycles. The molecule has 1 aliphatic carbocycles. The van der Waals surface area contributed by atoms with Crippen molar-refractivity contribution in [3.8, 4) is 0 Å². The molecule has 1 unspecified atom stereocenters. The van der Waals surface area contributed by atoms with Crippen molar-refractivity contribution >= 4 is 11.8 Å². The van der Waals surface area contributed by atoms with Crippen LogP contribution in [0.3, 0.4) is 0 Å². The zero-order valence-corrected chi connectivity index (χ0v) is 20.7. The molecule has 2 atom stereocenters. The lowest BCUT2D eigenvalue weighted by Gasteiger charge is -2.49. The molecule has 1 spiro atoms. The molecule has 5 nitrogen and oxygen atoms in total. The summed E-state index contributed by atoms with van der Waals surface area (Å²) in [6.07, 6.45) is 6.16. The van der Waals surface area contributed by atoms with Crippen molar-refractivity contribution in [3.05, 3.63) is 35.4 Å². The lowest BCUT2D eigenvalue weighted by Crippen LogP contribution is -2.47. The Kier molecular flexibility index (Phi) is 6.41. The van der Waals surface area contributed by atoms with E-state index in [2.05, 4.69) is 49.9 Å². The highest BCUT2D eigenvalue weighted by Gasteiger charge is 2.44. The van der Waals surface area contributed by atoms with E-state index in [0.717, 1.165) is 12.8 Å². The number of carbonyl (C=O) groups is 2. The van der Waals surface area contributed by atoms with E-state index in [-0.39, 0.29) is 29.2 Å². The van der Waals surface area contributed by atoms with Gasteiger partial charge in [0.25, 0.3) is 0 Å². The van der Waals surface area contributed by atoms with Crippen molar-refractivity contribution in [2.75, 3.05) is 40.3 Å². The second-order valence-corrected chi connectivity index (χ2v) is 11.7. The monoisotopic (exact) mass is 439 g/mol. The highest BCUT2D eigenvalue weighted by molar-refractivity contribution is 5.89. The van der Waals surface area contributed by atoms with Gasteiger partial charge in [-0.1, -0.05) is 45.0 Å². The minimum Gasteiger partial charge on any atom is -0.345 e. The molecule has 2 saturated heterocycles. The first-order chi connectivity index (χ1) is 15.1. The summed E-state index contributed by atoms with van der Waals surface area (Å²) in [5, 5.41) is 0. The van der Waals surface area contributed by atoms with Crippen LogP contribution in [0.1, 0.15) is 76.5 Å². The third-order valence-corrected chi connectivity index (χ3v) is 8.28. The number of hydrogen-bond donors (Lipinski definition) is 0. The molecule has 2 heterocycles. The smallest absolute Gasteiger partial charge is 0.228 e. The van der Waals surface area contributed by atoms with Crippen molar-refractivity contribution in [2.24, 2.45) is 11.3 Å². The number of carbonyl (C=O) groups excluding carboxylic acids is 2. The average molecular weight is 440 g/mol. The molecular weight excluding hydrogens is 398 g/mol. The third-order valence-electron chi connectivity index (χ3n) is 8.28. The number of benzene rings is 1. The van der Waals surface area contributed by atoms with Gasteiger partial charge in [0, 0.05) is 27.1 Å². The van der Waals surface area contributed by atoms with E-state index in [4.69, 9.17) is 0 Å². The number of rotatable bonds is 4. The van der Waals surface area contributed by atoms with Crippen LogP contribution in [0.25, 0.3) is 0 Å². The van der Waals surface area contributed by atoms with Crippen molar-refractivity contribution in [1.82, 2.24) is 14.7 Å². The largest absolute Gasteiger partial charge is 0.345 e. The topological polar surface area (TPSA) is 43.9 Å². The fourth-order valence-corrected chi connectivity index (χ4v) is 6.06. The highest BCUT2D eigenvalue weighted by Crippen LogP contribution is 2.49. The minimum atomic E-state index is -0.202. The maximum atomic E-state index is 13.2. The van der Waals surface area contributed by atoms with E-state index >= 15 is 0 Å². The van der Waals surface area contributed by atoms with Gasteiger partial charge in [0.2, 0.25) is 11.8 Å². The molecule has 176 valence electrons. The molecule has 2 amide bonds. The first kappa shape index (κ1) is 23.3. The Bertz CT molecular complexity index is 851. The van der Waals surface area contributed by atoms with Crippen LogP contribution in [0.2, 0.25) is 0 Å². The SMILES string of the molecule is CN1CC(C(=O)N(C)[C@@H]2CCC3(CCN(CCC(C)(C)C)CC3)c3ccccc32)CC1=O. The van der Waals surface area contributed by atoms with E-state index in [1.807, 2.05) is 11.9 Å². The number of nitrogens with zero attached hydrogens (tertiary/aromatic N) is 3. The first-order valence-corrected chi connectivity index (χ1v) is 12.4. The maximum Gasteiger partial charge on any atom is 0.228 e. The van der Waals surface area contributed by atoms with Crippen molar-refractivity contribution in [3.63, 3.8) is 0 Å². The Balaban J connectivity index is 1.48. The Morgan fingerprint density at radius 3 is 2.47 bits per heavy atom. The van der Waals surface area contributed by atoms with Crippen LogP contribution < -0.4 is 0 Å². The Morgan fingerprint density at radius 1 is 1.16 bits per heavy atom. The normalized spacial score (nSPS) is 25.8. The van der Waals surface area contributed by atoms with Gasteiger partial charge >= 0.3 is 0 Å². The van der Waals surface area contributed by atoms with Crippen molar-refractivity contribution in [2.45, 2.75) is 70.8 Å². The van der Waals surface area contributed by atoms with E-state index in [1.165, 1.54) is 50.0 Å². The van der Waals surface area contributed by atoms with Crippen LogP contribution in [0.5, 0.6) is 0 Å². The number of amides is 2. The maximum absolute atomic E-state index is 13.2. The second-order valence-electron chi connectivity index (χ2n) is 11.7. The van der Waals surface area contributed by atoms with Crippen molar-refractivity contribution in [1.29, 1.82) is 0 Å². The summed E-state index contributed by atoms with van der Waals surface area (Å²) in [7, 11) is 3.74. The molecule has 4 rings (SSSR count). The molecule has 5 heteroatoms. The minimum absolute atomic E-state index is 0.0815. The predicted molar refractivity (Wildman–Crippen MR) is 128 cm³/mol. The molecule has 1 aromatic carbocycles. The summed E-state index contributed by atoms with van der Waals surface area (Å²) in [5.41, 5.74) is 3.43. The van der Waals surface area contributed by atoms with Gasteiger partial charge in [-0.2, -0.15) is 0 Å². The molecular formula is C27H41N3O2. The van der Waals surface area contributed by atoms with Gasteiger partial charge in [-0.25, -0.2) is 0 Å². The van der Waals surface area contributed by atoms with Crippen LogP contribution >= 0.6 is 0 Å². The van der Waals surface area contributed by atoms with E-state index < -0.39 is 0 Å². The first-order valence-electron chi connectivity index (χ1n) is 12.4. The molecule has 1 aromatic rings. The Morgan fingerprint density at radius 2 is 1.84 bits per heavy atom. The number of likely N-dealkylation sites (tertiary alicyclic amines) is 2. The van der Waals surface area contributed by atoms with Crippen LogP contribution in [0.15, 0.2) is 24.3 Å². The molecule has 2 aliphatic heterocycles. The summed E-state index contributed by atoms with van der Waals surface area (Å²) in [6, 6.07) is 8.96. The third kappa shape index (κ3) is 4.59. The Hall–Kier alpha value is -1.88. The summed E-state index contributed by atoms with van der Waals surface area (Å²) >= 11 is 0. The second kappa shape index (κ2) is 8.81. The van der Waals surface area contributed by atoms with Crippen LogP contribution in [-0.2, 0) is 15.0 Å². The summed E-state index contributed by atoms with van der Waals surface area (Å²) in [4.78, 5) is 31.5. The number of hydrogen-bond acceptors (Lipinski definition) is 3. The van der Waals surface area contributed by atoms with Gasteiger partial charge in [0.05, 0.1) is 12.0 Å². The van der Waals surface area contributed by atoms with Crippen LogP contribution in [0, 0.1) is 11.3 Å². The Labute approximate surface area is 194 Å². The summed E-state index contributed by atoms with van der Waals surface area (Å²) in [6.45, 7) is 11.1. The molecule has 2 fully saturated rings. The van der Waals surface area contributed by atoms with E-state index in [1.54, 1.807) is 11.9 Å². The van der Waals surface area contributed by atoms with Gasteiger partial charge in [0.1, 0.15) is 0 Å². The zero-order valence-electron chi connectivity index (χ0n) is 20.7. The quantitative estimate of drug-likeness (QED) is 0.705. The number of piperidine rings is 1. The molecule has 0 radical (unpaired) electrons. The molecule has 0 bridgehead atoms. The standard InChI is InChI=1S/C27H41N3O2/c1-26(2,3)12-15-30-16-13-27(14-17-30)11-10-23(21-8-6-7-9-22(21)27)29(5)25(32)20-18-24(31)28(4)19-20/h6-9,20,23H,10-19H2,1-5H3/t20?,23-/m1/s1. The lowest BCUT2D eigenvalue weighted by atomic mass is 9.63. The van der Waals surface area contributed by atoms with Gasteiger partial charge in [-0.3, -0.25) is 9.59 Å². The highest BCUT2D eigenvalue weighted by atomic mass is 16.2. The summed E-state index contributed by atoms with van der Waals surface area (Å²) < 4.78 is 0. The fourth-order valence-electron chi connectivity index (χ4n) is 6.06. The lowest BCUT2D eigenvalue weighted by molar-refractivity contribution is -0.137. The zero-order chi connectivity index (χ0) is 23.1. The molecule has 0 aromatic heterocycles. The predicted octanol–water partition coefficient (Wildman–Crippen LogP) is 4.23. The molecule has 32 heavy (non-hydrogen) atoms. The van der Waals surface area contributed by atoms with Gasteiger partial charge in [0.15, 0.2) is 0 Å². The molecule has 0 N–H and O–H groups in total. The molecule has 3 aliphatic rings. The number of fused-ring (bicyclic) bond motifs is 2. The van der Waals surface area contributed by atoms with Crippen LogP contribution in [-0.4, -0.2) is 66.8 Å². The average Bonchev–Trinajstić information content (AvgIpc) is 3.10. The van der Waals surface area contributed by atoms with E-state index in [0.29, 0.717) is 18.4 Å². The van der Waals surface area contributed by atoms with Crippen LogP contribution in [0.4, 0.5) is 0 Å². The summed E-state index contributed by atoms with van der Waals surface area (Å²) in [5.74, 6) is 0.0000224. The van der Waals surface area contributed by atoms with Gasteiger partial charge in [-0.05, 0) is 73.7 Å². The fraction of sp³-hybridized carbons (Fsp3) is 0.704. The van der Waals surface area contributed by atoms with Gasteiger partial charge in [-0.15, -0.1) is 0 Å². The van der Waals surface area contributed by atoms with E-state index in [9.17, 15) is 9.59 Å². The van der Waals surface area contributed by atoms with Gasteiger partial charge < -0.3 is 14.7 Å². The van der Waals surface area contributed by atoms with Crippen molar-refractivity contribution < 1.29 is 9.59 Å².